The van der Waals surface area contributed by atoms with Gasteiger partial charge in [0.25, 0.3) is 0 Å². The van der Waals surface area contributed by atoms with Gasteiger partial charge in [-0.25, -0.2) is 4.79 Å². The van der Waals surface area contributed by atoms with Gasteiger partial charge in [0.15, 0.2) is 0 Å². The van der Waals surface area contributed by atoms with Gasteiger partial charge >= 0.3 is 6.09 Å². The fraction of sp³-hybridized carbons (Fsp3) is 0.933. The van der Waals surface area contributed by atoms with Crippen molar-refractivity contribution in [2.45, 2.75) is 72.1 Å². The molecule has 1 amide bonds. The predicted octanol–water partition coefficient (Wildman–Crippen LogP) is 3.12. The highest BCUT2D eigenvalue weighted by atomic mass is 16.6. The maximum absolute atomic E-state index is 12.1. The molecular formula is C15H30N2O2. The van der Waals surface area contributed by atoms with E-state index in [4.69, 9.17) is 4.74 Å². The highest BCUT2D eigenvalue weighted by Gasteiger charge is 2.32. The molecule has 19 heavy (non-hydrogen) atoms. The lowest BCUT2D eigenvalue weighted by atomic mass is 10.1. The van der Waals surface area contributed by atoms with Crippen LogP contribution in [0.15, 0.2) is 0 Å². The molecule has 1 aliphatic rings. The third-order valence-electron chi connectivity index (χ3n) is 3.81. The predicted molar refractivity (Wildman–Crippen MR) is 78.3 cm³/mol. The maximum Gasteiger partial charge on any atom is 0.410 e. The molecule has 0 N–H and O–H groups in total. The first-order valence-electron chi connectivity index (χ1n) is 7.52. The molecule has 2 unspecified atom stereocenters. The fourth-order valence-electron chi connectivity index (χ4n) is 2.54. The highest BCUT2D eigenvalue weighted by molar-refractivity contribution is 5.68. The quantitative estimate of drug-likeness (QED) is 0.790. The summed E-state index contributed by atoms with van der Waals surface area (Å²) < 4.78 is 5.46. The van der Waals surface area contributed by atoms with Crippen molar-refractivity contribution in [3.63, 3.8) is 0 Å². The second-order valence-corrected chi connectivity index (χ2v) is 6.48. The van der Waals surface area contributed by atoms with Crippen LogP contribution >= 0.6 is 0 Å². The molecule has 0 bridgehead atoms. The Bertz CT molecular complexity index is 299. The molecule has 1 heterocycles. The number of piperazine rings is 1. The Hall–Kier alpha value is -0.770. The van der Waals surface area contributed by atoms with Gasteiger partial charge in [-0.3, -0.25) is 4.90 Å². The Kier molecular flexibility index (Phi) is 5.65. The minimum Gasteiger partial charge on any atom is -0.444 e. The van der Waals surface area contributed by atoms with Crippen LogP contribution in [0.25, 0.3) is 0 Å². The number of nitrogens with zero attached hydrogens (tertiary/aromatic N) is 2. The van der Waals surface area contributed by atoms with Crippen molar-refractivity contribution in [2.24, 2.45) is 0 Å². The monoisotopic (exact) mass is 270 g/mol. The van der Waals surface area contributed by atoms with Crippen molar-refractivity contribution >= 4 is 6.09 Å². The highest BCUT2D eigenvalue weighted by Crippen LogP contribution is 2.19. The number of hydrogen-bond acceptors (Lipinski definition) is 3. The van der Waals surface area contributed by atoms with Crippen LogP contribution < -0.4 is 0 Å². The number of rotatable bonds is 3. The Morgan fingerprint density at radius 2 is 1.95 bits per heavy atom. The average molecular weight is 270 g/mol. The zero-order chi connectivity index (χ0) is 14.6. The summed E-state index contributed by atoms with van der Waals surface area (Å²) in [4.78, 5) is 16.5. The Morgan fingerprint density at radius 3 is 2.42 bits per heavy atom. The van der Waals surface area contributed by atoms with Crippen LogP contribution in [0.4, 0.5) is 4.79 Å². The van der Waals surface area contributed by atoms with Gasteiger partial charge in [0.05, 0.1) is 0 Å². The topological polar surface area (TPSA) is 32.8 Å². The van der Waals surface area contributed by atoms with Crippen molar-refractivity contribution < 1.29 is 9.53 Å². The van der Waals surface area contributed by atoms with Gasteiger partial charge < -0.3 is 9.64 Å². The molecule has 1 rings (SSSR count). The molecule has 0 spiro atoms. The molecule has 0 saturated carbocycles. The zero-order valence-corrected chi connectivity index (χ0v) is 13.4. The molecule has 2 atom stereocenters. The molecule has 0 radical (unpaired) electrons. The molecule has 0 aromatic rings. The number of carbonyl (C=O) groups is 1. The van der Waals surface area contributed by atoms with Crippen LogP contribution in [0, 0.1) is 0 Å². The second kappa shape index (κ2) is 6.60. The number of carbonyl (C=O) groups excluding carboxylic acids is 1. The SMILES string of the molecule is CCC(C)N1CCN(C(=O)OC(C)(C)C)CC1CC. The molecule has 0 aliphatic carbocycles. The Balaban J connectivity index is 2.61. The van der Waals surface area contributed by atoms with E-state index in [1.807, 2.05) is 25.7 Å². The summed E-state index contributed by atoms with van der Waals surface area (Å²) in [5, 5.41) is 0. The normalized spacial score (nSPS) is 23.3. The van der Waals surface area contributed by atoms with Gasteiger partial charge in [-0.1, -0.05) is 13.8 Å². The summed E-state index contributed by atoms with van der Waals surface area (Å²) >= 11 is 0. The smallest absolute Gasteiger partial charge is 0.410 e. The molecule has 1 saturated heterocycles. The summed E-state index contributed by atoms with van der Waals surface area (Å²) in [6, 6.07) is 1.04. The molecule has 0 aromatic carbocycles. The van der Waals surface area contributed by atoms with Crippen molar-refractivity contribution in [1.29, 1.82) is 0 Å². The van der Waals surface area contributed by atoms with Crippen LogP contribution in [0.2, 0.25) is 0 Å². The van der Waals surface area contributed by atoms with Crippen molar-refractivity contribution in [3.05, 3.63) is 0 Å². The van der Waals surface area contributed by atoms with Crippen LogP contribution in [-0.2, 0) is 4.74 Å². The van der Waals surface area contributed by atoms with E-state index in [0.29, 0.717) is 12.1 Å². The Labute approximate surface area is 118 Å². The van der Waals surface area contributed by atoms with Gasteiger partial charge in [0.1, 0.15) is 5.60 Å². The van der Waals surface area contributed by atoms with Gasteiger partial charge in [-0.15, -0.1) is 0 Å². The first kappa shape index (κ1) is 16.3. The third-order valence-corrected chi connectivity index (χ3v) is 3.81. The maximum atomic E-state index is 12.1. The van der Waals surface area contributed by atoms with E-state index >= 15 is 0 Å². The van der Waals surface area contributed by atoms with E-state index in [2.05, 4.69) is 25.7 Å². The van der Waals surface area contributed by atoms with Crippen LogP contribution in [0.1, 0.15) is 54.4 Å². The van der Waals surface area contributed by atoms with Gasteiger partial charge in [0, 0.05) is 31.7 Å². The summed E-state index contributed by atoms with van der Waals surface area (Å²) in [5.41, 5.74) is -0.410. The molecular weight excluding hydrogens is 240 g/mol. The van der Waals surface area contributed by atoms with Crippen LogP contribution in [0.5, 0.6) is 0 Å². The zero-order valence-electron chi connectivity index (χ0n) is 13.4. The van der Waals surface area contributed by atoms with E-state index in [0.717, 1.165) is 32.5 Å². The molecule has 1 fully saturated rings. The molecule has 4 heteroatoms. The molecule has 0 aromatic heterocycles. The van der Waals surface area contributed by atoms with Gasteiger partial charge in [-0.2, -0.15) is 0 Å². The van der Waals surface area contributed by atoms with Crippen molar-refractivity contribution in [1.82, 2.24) is 9.80 Å². The summed E-state index contributed by atoms with van der Waals surface area (Å²) in [7, 11) is 0. The Morgan fingerprint density at radius 1 is 1.32 bits per heavy atom. The van der Waals surface area contributed by atoms with E-state index in [-0.39, 0.29) is 6.09 Å². The van der Waals surface area contributed by atoms with E-state index in [1.54, 1.807) is 0 Å². The van der Waals surface area contributed by atoms with E-state index < -0.39 is 5.60 Å². The molecule has 4 nitrogen and oxygen atoms in total. The average Bonchev–Trinajstić information content (AvgIpc) is 2.35. The van der Waals surface area contributed by atoms with Crippen molar-refractivity contribution in [2.75, 3.05) is 19.6 Å². The van der Waals surface area contributed by atoms with Crippen LogP contribution in [-0.4, -0.2) is 53.2 Å². The first-order chi connectivity index (χ1) is 8.78. The van der Waals surface area contributed by atoms with Crippen LogP contribution in [0.3, 0.4) is 0 Å². The lowest BCUT2D eigenvalue weighted by Gasteiger charge is -2.44. The summed E-state index contributed by atoms with van der Waals surface area (Å²) in [6.07, 6.45) is 2.06. The summed E-state index contributed by atoms with van der Waals surface area (Å²) in [5.74, 6) is 0. The van der Waals surface area contributed by atoms with Crippen molar-refractivity contribution in [3.8, 4) is 0 Å². The number of hydrogen-bond donors (Lipinski definition) is 0. The third kappa shape index (κ3) is 4.68. The van der Waals surface area contributed by atoms with Gasteiger partial charge in [0.2, 0.25) is 0 Å². The lowest BCUT2D eigenvalue weighted by molar-refractivity contribution is -0.00416. The molecule has 1 aliphatic heterocycles. The standard InChI is InChI=1S/C15H30N2O2/c1-7-12(3)17-10-9-16(11-13(17)8-2)14(18)19-15(4,5)6/h12-13H,7-11H2,1-6H3. The minimum absolute atomic E-state index is 0.172. The second-order valence-electron chi connectivity index (χ2n) is 6.48. The minimum atomic E-state index is -0.410. The fourth-order valence-corrected chi connectivity index (χ4v) is 2.54. The summed E-state index contributed by atoms with van der Waals surface area (Å²) in [6.45, 7) is 14.9. The molecule has 112 valence electrons. The largest absolute Gasteiger partial charge is 0.444 e. The lowest BCUT2D eigenvalue weighted by Crippen LogP contribution is -2.57. The number of ether oxygens (including phenoxy) is 1. The van der Waals surface area contributed by atoms with E-state index in [1.165, 1.54) is 0 Å². The first-order valence-corrected chi connectivity index (χ1v) is 7.52. The number of amides is 1. The van der Waals surface area contributed by atoms with E-state index in [9.17, 15) is 4.79 Å². The van der Waals surface area contributed by atoms with Gasteiger partial charge in [-0.05, 0) is 40.5 Å².